The summed E-state index contributed by atoms with van der Waals surface area (Å²) in [5.74, 6) is 1.28. The van der Waals surface area contributed by atoms with E-state index in [0.717, 1.165) is 29.3 Å². The summed E-state index contributed by atoms with van der Waals surface area (Å²) in [4.78, 5) is 14.6. The van der Waals surface area contributed by atoms with Crippen molar-refractivity contribution >= 4 is 22.0 Å². The summed E-state index contributed by atoms with van der Waals surface area (Å²) in [5.41, 5.74) is 0.509. The third-order valence-corrected chi connectivity index (χ3v) is 4.21. The maximum Gasteiger partial charge on any atom is 0.235 e. The van der Waals surface area contributed by atoms with Crippen molar-refractivity contribution in [1.82, 2.24) is 0 Å². The minimum absolute atomic E-state index is 0.444. The molecule has 1 aliphatic rings. The number of rotatable bonds is 4. The van der Waals surface area contributed by atoms with Gasteiger partial charge in [0.05, 0.1) is 24.2 Å². The molecule has 0 radical (unpaired) electrons. The Morgan fingerprint density at radius 3 is 2.50 bits per heavy atom. The number of ether oxygens (including phenoxy) is 2. The highest BCUT2D eigenvalue weighted by molar-refractivity contribution is 9.10. The predicted octanol–water partition coefficient (Wildman–Crippen LogP) is 3.18. The van der Waals surface area contributed by atoms with Gasteiger partial charge in [0.25, 0.3) is 0 Å². The Kier molecular flexibility index (Phi) is 3.73. The van der Waals surface area contributed by atoms with Crippen molar-refractivity contribution in [3.8, 4) is 11.5 Å². The van der Waals surface area contributed by atoms with Crippen molar-refractivity contribution in [2.45, 2.75) is 24.8 Å². The molecule has 18 heavy (non-hydrogen) atoms. The molecule has 4 nitrogen and oxygen atoms in total. The molecule has 0 aliphatic heterocycles. The van der Waals surface area contributed by atoms with Gasteiger partial charge in [0.15, 0.2) is 11.5 Å². The summed E-state index contributed by atoms with van der Waals surface area (Å²) in [7, 11) is 3.18. The maximum atomic E-state index is 10.6. The van der Waals surface area contributed by atoms with E-state index in [2.05, 4.69) is 20.9 Å². The molecule has 1 aromatic rings. The summed E-state index contributed by atoms with van der Waals surface area (Å²) < 4.78 is 11.4. The van der Waals surface area contributed by atoms with Gasteiger partial charge in [-0.05, 0) is 46.8 Å². The Bertz CT molecular complexity index is 505. The van der Waals surface area contributed by atoms with Gasteiger partial charge >= 0.3 is 0 Å². The summed E-state index contributed by atoms with van der Waals surface area (Å²) in [6, 6.07) is 3.75. The number of hydrogen-bond donors (Lipinski definition) is 0. The molecule has 1 saturated carbocycles. The largest absolute Gasteiger partial charge is 0.493 e. The van der Waals surface area contributed by atoms with E-state index in [-0.39, 0.29) is 0 Å². The monoisotopic (exact) mass is 311 g/mol. The number of methoxy groups -OCH3 is 2. The van der Waals surface area contributed by atoms with Crippen LogP contribution < -0.4 is 9.47 Å². The average molecular weight is 312 g/mol. The number of nitrogens with zero attached hydrogens (tertiary/aromatic N) is 1. The smallest absolute Gasteiger partial charge is 0.235 e. The molecule has 1 fully saturated rings. The minimum atomic E-state index is -0.444. The van der Waals surface area contributed by atoms with Gasteiger partial charge in [-0.15, -0.1) is 0 Å². The summed E-state index contributed by atoms with van der Waals surface area (Å²) in [5, 5.41) is 0. The average Bonchev–Trinajstić information content (AvgIpc) is 2.34. The highest BCUT2D eigenvalue weighted by atomic mass is 79.9. The molecule has 1 aromatic carbocycles. The molecule has 0 saturated heterocycles. The van der Waals surface area contributed by atoms with Crippen molar-refractivity contribution in [3.05, 3.63) is 22.2 Å². The highest BCUT2D eigenvalue weighted by Gasteiger charge is 2.41. The van der Waals surface area contributed by atoms with Crippen LogP contribution in [0.5, 0.6) is 11.5 Å². The van der Waals surface area contributed by atoms with E-state index in [1.807, 2.05) is 12.1 Å². The first-order chi connectivity index (χ1) is 8.68. The Labute approximate surface area is 114 Å². The maximum absolute atomic E-state index is 10.6. The third-order valence-electron chi connectivity index (χ3n) is 3.43. The van der Waals surface area contributed by atoms with Gasteiger partial charge in [-0.1, -0.05) is 6.07 Å². The number of halogens is 1. The zero-order valence-electron chi connectivity index (χ0n) is 10.3. The molecule has 5 heteroatoms. The van der Waals surface area contributed by atoms with Crippen LogP contribution in [-0.4, -0.2) is 20.3 Å². The highest BCUT2D eigenvalue weighted by Crippen LogP contribution is 2.50. The fraction of sp³-hybridized carbons (Fsp3) is 0.462. The zero-order chi connectivity index (χ0) is 13.2. The van der Waals surface area contributed by atoms with Crippen molar-refractivity contribution in [1.29, 1.82) is 0 Å². The fourth-order valence-electron chi connectivity index (χ4n) is 2.29. The van der Waals surface area contributed by atoms with E-state index < -0.39 is 5.54 Å². The van der Waals surface area contributed by atoms with Gasteiger partial charge in [0, 0.05) is 0 Å². The number of carbonyl (C=O) groups excluding carboxylic acids is 1. The van der Waals surface area contributed by atoms with Crippen LogP contribution in [0.3, 0.4) is 0 Å². The van der Waals surface area contributed by atoms with Crippen LogP contribution in [0.25, 0.3) is 0 Å². The molecule has 0 amide bonds. The van der Waals surface area contributed by atoms with Crippen molar-refractivity contribution < 1.29 is 14.3 Å². The van der Waals surface area contributed by atoms with Gasteiger partial charge in [0.1, 0.15) is 0 Å². The van der Waals surface area contributed by atoms with Gasteiger partial charge < -0.3 is 9.47 Å². The van der Waals surface area contributed by atoms with Crippen LogP contribution in [0.2, 0.25) is 0 Å². The molecule has 96 valence electrons. The SMILES string of the molecule is COc1ccc(C2(N=C=O)CCC2)c(Br)c1OC. The normalized spacial score (nSPS) is 16.4. The van der Waals surface area contributed by atoms with Crippen LogP contribution in [0.15, 0.2) is 21.6 Å². The van der Waals surface area contributed by atoms with Crippen molar-refractivity contribution in [2.24, 2.45) is 4.99 Å². The lowest BCUT2D eigenvalue weighted by Crippen LogP contribution is -2.32. The van der Waals surface area contributed by atoms with E-state index in [1.165, 1.54) is 0 Å². The summed E-state index contributed by atoms with van der Waals surface area (Å²) >= 11 is 3.52. The first kappa shape index (κ1) is 13.1. The molecule has 0 N–H and O–H groups in total. The second kappa shape index (κ2) is 5.12. The lowest BCUT2D eigenvalue weighted by atomic mass is 9.72. The lowest BCUT2D eigenvalue weighted by Gasteiger charge is -2.38. The topological polar surface area (TPSA) is 47.9 Å². The van der Waals surface area contributed by atoms with Crippen LogP contribution in [0.4, 0.5) is 0 Å². The molecule has 1 aliphatic carbocycles. The summed E-state index contributed by atoms with van der Waals surface area (Å²) in [6.45, 7) is 0. The van der Waals surface area contributed by atoms with Crippen LogP contribution >= 0.6 is 15.9 Å². The van der Waals surface area contributed by atoms with Crippen molar-refractivity contribution in [2.75, 3.05) is 14.2 Å². The van der Waals surface area contributed by atoms with E-state index >= 15 is 0 Å². The molecular weight excluding hydrogens is 298 g/mol. The zero-order valence-corrected chi connectivity index (χ0v) is 11.9. The Hall–Kier alpha value is -1.32. The number of benzene rings is 1. The van der Waals surface area contributed by atoms with Crippen LogP contribution in [0, 0.1) is 0 Å². The number of isocyanates is 1. The standard InChI is InChI=1S/C13H14BrNO3/c1-17-10-5-4-9(11(14)12(10)18-2)13(15-8-16)6-3-7-13/h4-5H,3,6-7H2,1-2H3. The Morgan fingerprint density at radius 2 is 2.06 bits per heavy atom. The van der Waals surface area contributed by atoms with Gasteiger partial charge in [-0.25, -0.2) is 4.79 Å². The Morgan fingerprint density at radius 1 is 1.33 bits per heavy atom. The van der Waals surface area contributed by atoms with Crippen LogP contribution in [-0.2, 0) is 10.3 Å². The quantitative estimate of drug-likeness (QED) is 0.634. The number of hydrogen-bond acceptors (Lipinski definition) is 4. The van der Waals surface area contributed by atoms with Crippen molar-refractivity contribution in [3.63, 3.8) is 0 Å². The molecule has 0 heterocycles. The second-order valence-corrected chi connectivity index (χ2v) is 5.04. The molecule has 0 unspecified atom stereocenters. The third kappa shape index (κ3) is 1.93. The minimum Gasteiger partial charge on any atom is -0.493 e. The molecule has 0 bridgehead atoms. The molecule has 0 atom stereocenters. The van der Waals surface area contributed by atoms with Gasteiger partial charge in [0.2, 0.25) is 6.08 Å². The van der Waals surface area contributed by atoms with E-state index in [0.29, 0.717) is 11.5 Å². The Balaban J connectivity index is 2.55. The molecule has 2 rings (SSSR count). The van der Waals surface area contributed by atoms with Gasteiger partial charge in [-0.2, -0.15) is 4.99 Å². The first-order valence-corrected chi connectivity index (χ1v) is 6.48. The lowest BCUT2D eigenvalue weighted by molar-refractivity contribution is 0.252. The van der Waals surface area contributed by atoms with E-state index in [4.69, 9.17) is 9.47 Å². The van der Waals surface area contributed by atoms with E-state index in [1.54, 1.807) is 20.3 Å². The van der Waals surface area contributed by atoms with Crippen LogP contribution in [0.1, 0.15) is 24.8 Å². The summed E-state index contributed by atoms with van der Waals surface area (Å²) in [6.07, 6.45) is 4.46. The number of aliphatic imine (C=N–C) groups is 1. The predicted molar refractivity (Wildman–Crippen MR) is 70.9 cm³/mol. The van der Waals surface area contributed by atoms with Gasteiger partial charge in [-0.3, -0.25) is 0 Å². The second-order valence-electron chi connectivity index (χ2n) is 4.25. The fourth-order valence-corrected chi connectivity index (χ4v) is 3.15. The molecular formula is C13H14BrNO3. The first-order valence-electron chi connectivity index (χ1n) is 5.68. The molecule has 0 aromatic heterocycles. The molecule has 0 spiro atoms. The van der Waals surface area contributed by atoms with E-state index in [9.17, 15) is 4.79 Å².